The minimum Gasteiger partial charge on any atom is -0.384 e. The van der Waals surface area contributed by atoms with Gasteiger partial charge in [0.05, 0.1) is 12.5 Å². The second-order valence-electron chi connectivity index (χ2n) is 9.42. The molecular formula is C25H25BrClN5O2. The molecule has 2 unspecified atom stereocenters. The summed E-state index contributed by atoms with van der Waals surface area (Å²) in [5.74, 6) is 1.75. The van der Waals surface area contributed by atoms with Crippen LogP contribution in [0.4, 0.5) is 0 Å². The predicted octanol–water partition coefficient (Wildman–Crippen LogP) is 5.24. The second kappa shape index (κ2) is 8.45. The van der Waals surface area contributed by atoms with E-state index in [-0.39, 0.29) is 12.0 Å². The molecule has 9 heteroatoms. The first-order chi connectivity index (χ1) is 16.5. The van der Waals surface area contributed by atoms with E-state index in [1.165, 1.54) is 10.9 Å². The summed E-state index contributed by atoms with van der Waals surface area (Å²) in [5, 5.41) is 6.27. The van der Waals surface area contributed by atoms with Gasteiger partial charge in [-0.3, -0.25) is 4.98 Å². The molecule has 1 aliphatic heterocycles. The highest BCUT2D eigenvalue weighted by Crippen LogP contribution is 2.54. The minimum absolute atomic E-state index is 0.133. The maximum absolute atomic E-state index is 7.01. The molecule has 0 spiro atoms. The van der Waals surface area contributed by atoms with Gasteiger partial charge >= 0.3 is 0 Å². The summed E-state index contributed by atoms with van der Waals surface area (Å²) in [6.45, 7) is 1.69. The number of nitrogens with zero attached hydrogens (tertiary/aromatic N) is 5. The molecule has 0 radical (unpaired) electrons. The zero-order chi connectivity index (χ0) is 23.6. The fourth-order valence-corrected chi connectivity index (χ4v) is 6.80. The quantitative estimate of drug-likeness (QED) is 0.352. The minimum atomic E-state index is -0.133. The van der Waals surface area contributed by atoms with Crippen molar-refractivity contribution in [3.63, 3.8) is 0 Å². The lowest BCUT2D eigenvalue weighted by Gasteiger charge is -2.48. The van der Waals surface area contributed by atoms with Gasteiger partial charge in [0.2, 0.25) is 11.7 Å². The standard InChI is InChI=1S/C25H25BrClN5O2/c1-31-11-13(12-33-3)7-17-16-5-4-6-18-19(16)20(23(27)32(18)2)21(22(17)31)25-29-24(30-34-25)14-8-15(26)10-28-9-14/h4-6,8-10,13,17,21-22H,7,11-12H2,1-3H3/t13-,17?,21?,22+/m1/s1. The van der Waals surface area contributed by atoms with Gasteiger partial charge in [-0.15, -0.1) is 0 Å². The van der Waals surface area contributed by atoms with Gasteiger partial charge in [0.15, 0.2) is 0 Å². The molecule has 4 aromatic rings. The lowest BCUT2D eigenvalue weighted by Crippen LogP contribution is -2.51. The summed E-state index contributed by atoms with van der Waals surface area (Å²) >= 11 is 10.5. The Balaban J connectivity index is 1.54. The largest absolute Gasteiger partial charge is 0.384 e. The number of benzene rings is 1. The lowest BCUT2D eigenvalue weighted by molar-refractivity contribution is 0.0486. The molecule has 2 aliphatic rings. The monoisotopic (exact) mass is 541 g/mol. The normalized spacial score (nSPS) is 24.5. The van der Waals surface area contributed by atoms with Crippen LogP contribution in [-0.4, -0.2) is 57.9 Å². The molecule has 34 heavy (non-hydrogen) atoms. The second-order valence-corrected chi connectivity index (χ2v) is 10.7. The molecule has 1 aliphatic carbocycles. The Labute approximate surface area is 211 Å². The Morgan fingerprint density at radius 1 is 1.26 bits per heavy atom. The van der Waals surface area contributed by atoms with E-state index in [1.54, 1.807) is 19.5 Å². The molecule has 1 saturated heterocycles. The summed E-state index contributed by atoms with van der Waals surface area (Å²) in [6, 6.07) is 8.62. The number of halogens is 2. The van der Waals surface area contributed by atoms with Crippen molar-refractivity contribution >= 4 is 38.4 Å². The van der Waals surface area contributed by atoms with Crippen LogP contribution in [0.2, 0.25) is 5.15 Å². The van der Waals surface area contributed by atoms with Crippen LogP contribution in [0.1, 0.15) is 35.3 Å². The predicted molar refractivity (Wildman–Crippen MR) is 134 cm³/mol. The van der Waals surface area contributed by atoms with Crippen LogP contribution in [-0.2, 0) is 11.8 Å². The average molecular weight is 543 g/mol. The van der Waals surface area contributed by atoms with Crippen LogP contribution in [0.15, 0.2) is 45.7 Å². The maximum Gasteiger partial charge on any atom is 0.236 e. The van der Waals surface area contributed by atoms with Crippen LogP contribution in [0.25, 0.3) is 22.3 Å². The van der Waals surface area contributed by atoms with Gasteiger partial charge in [-0.25, -0.2) is 0 Å². The van der Waals surface area contributed by atoms with Crippen LogP contribution in [0, 0.1) is 5.92 Å². The Morgan fingerprint density at radius 3 is 2.91 bits per heavy atom. The van der Waals surface area contributed by atoms with Gasteiger partial charge in [-0.1, -0.05) is 28.9 Å². The first-order valence-electron chi connectivity index (χ1n) is 11.4. The highest BCUT2D eigenvalue weighted by molar-refractivity contribution is 9.10. The molecule has 1 fully saturated rings. The van der Waals surface area contributed by atoms with Crippen LogP contribution in [0.3, 0.4) is 0 Å². The summed E-state index contributed by atoms with van der Waals surface area (Å²) in [7, 11) is 5.99. The zero-order valence-corrected chi connectivity index (χ0v) is 21.5. The van der Waals surface area contributed by atoms with Crippen molar-refractivity contribution in [1.82, 2.24) is 24.6 Å². The molecule has 3 aromatic heterocycles. The maximum atomic E-state index is 7.01. The van der Waals surface area contributed by atoms with Gasteiger partial charge < -0.3 is 18.7 Å². The van der Waals surface area contributed by atoms with Crippen molar-refractivity contribution in [2.45, 2.75) is 24.3 Å². The van der Waals surface area contributed by atoms with Gasteiger partial charge in [-0.2, -0.15) is 4.98 Å². The van der Waals surface area contributed by atoms with Gasteiger partial charge in [0, 0.05) is 71.6 Å². The number of rotatable bonds is 4. The third-order valence-electron chi connectivity index (χ3n) is 7.40. The third kappa shape index (κ3) is 3.34. The number of aryl methyl sites for hydroxylation is 1. The topological polar surface area (TPSA) is 69.2 Å². The average Bonchev–Trinajstić information content (AvgIpc) is 3.41. The first-order valence-corrected chi connectivity index (χ1v) is 12.6. The number of likely N-dealkylation sites (tertiary alicyclic amines) is 1. The van der Waals surface area contributed by atoms with E-state index in [9.17, 15) is 0 Å². The number of likely N-dealkylation sites (N-methyl/N-ethyl adjacent to an activating group) is 1. The molecule has 0 N–H and O–H groups in total. The molecule has 4 atom stereocenters. The number of hydrogen-bond acceptors (Lipinski definition) is 6. The highest BCUT2D eigenvalue weighted by Gasteiger charge is 2.49. The summed E-state index contributed by atoms with van der Waals surface area (Å²) in [6.07, 6.45) is 4.52. The van der Waals surface area contributed by atoms with Crippen LogP contribution >= 0.6 is 27.5 Å². The number of pyridine rings is 1. The fraction of sp³-hybridized carbons (Fsp3) is 0.400. The smallest absolute Gasteiger partial charge is 0.236 e. The molecule has 0 amide bonds. The molecule has 7 nitrogen and oxygen atoms in total. The SMILES string of the molecule is COC[C@@H]1CC2c3cccc4c3c(c(Cl)n4C)C(c3nc(-c4cncc(Br)c4)no3)[C@H]2N(C)C1. The first kappa shape index (κ1) is 22.2. The molecule has 4 heterocycles. The van der Waals surface area contributed by atoms with E-state index < -0.39 is 0 Å². The number of hydrogen-bond donors (Lipinski definition) is 0. The molecule has 1 aromatic carbocycles. The summed E-state index contributed by atoms with van der Waals surface area (Å²) in [5.41, 5.74) is 4.36. The van der Waals surface area contributed by atoms with Crippen molar-refractivity contribution in [3.05, 3.63) is 63.3 Å². The molecule has 0 saturated carbocycles. The summed E-state index contributed by atoms with van der Waals surface area (Å²) in [4.78, 5) is 11.6. The Kier molecular flexibility index (Phi) is 5.52. The molecular weight excluding hydrogens is 518 g/mol. The molecule has 0 bridgehead atoms. The highest BCUT2D eigenvalue weighted by atomic mass is 79.9. The number of aromatic nitrogens is 4. The zero-order valence-electron chi connectivity index (χ0n) is 19.2. The molecule has 6 rings (SSSR count). The van der Waals surface area contributed by atoms with Crippen molar-refractivity contribution < 1.29 is 9.26 Å². The van der Waals surface area contributed by atoms with Crippen LogP contribution < -0.4 is 0 Å². The van der Waals surface area contributed by atoms with E-state index in [0.29, 0.717) is 23.6 Å². The Hall–Kier alpha value is -2.26. The summed E-state index contributed by atoms with van der Waals surface area (Å²) < 4.78 is 14.4. The van der Waals surface area contributed by atoms with E-state index in [0.717, 1.165) is 45.8 Å². The van der Waals surface area contributed by atoms with Crippen molar-refractivity contribution in [2.75, 3.05) is 27.3 Å². The van der Waals surface area contributed by atoms with Gasteiger partial charge in [0.25, 0.3) is 0 Å². The number of methoxy groups -OCH3 is 1. The van der Waals surface area contributed by atoms with Crippen LogP contribution in [0.5, 0.6) is 0 Å². The number of piperidine rings is 1. The molecule has 176 valence electrons. The van der Waals surface area contributed by atoms with E-state index >= 15 is 0 Å². The van der Waals surface area contributed by atoms with Gasteiger partial charge in [0.1, 0.15) is 5.15 Å². The Bertz CT molecular complexity index is 1390. The van der Waals surface area contributed by atoms with Crippen molar-refractivity contribution in [3.8, 4) is 11.4 Å². The van der Waals surface area contributed by atoms with E-state index in [1.807, 2.05) is 13.1 Å². The van der Waals surface area contributed by atoms with E-state index in [2.05, 4.69) is 60.8 Å². The number of fused-ring (bicyclic) bond motifs is 2. The number of ether oxygens (including phenoxy) is 1. The van der Waals surface area contributed by atoms with Crippen molar-refractivity contribution in [2.24, 2.45) is 13.0 Å². The Morgan fingerprint density at radius 2 is 2.12 bits per heavy atom. The fourth-order valence-electron chi connectivity index (χ4n) is 6.13. The van der Waals surface area contributed by atoms with Crippen molar-refractivity contribution in [1.29, 1.82) is 0 Å². The van der Waals surface area contributed by atoms with E-state index in [4.69, 9.17) is 25.8 Å². The van der Waals surface area contributed by atoms with Gasteiger partial charge in [-0.05, 0) is 53.0 Å². The lowest BCUT2D eigenvalue weighted by atomic mass is 9.67. The third-order valence-corrected chi connectivity index (χ3v) is 8.29.